The van der Waals surface area contributed by atoms with Crippen molar-refractivity contribution in [2.45, 2.75) is 19.0 Å². The SMILES string of the molecule is CC(c1ccccc1F)N(C)CC1CSCCN1. The van der Waals surface area contributed by atoms with E-state index in [9.17, 15) is 4.39 Å². The van der Waals surface area contributed by atoms with E-state index < -0.39 is 0 Å². The second-order valence-corrected chi connectivity index (χ2v) is 6.01. The zero-order chi connectivity index (χ0) is 13.0. The maximum atomic E-state index is 13.7. The predicted octanol–water partition coefficient (Wildman–Crippen LogP) is 2.52. The Labute approximate surface area is 113 Å². The van der Waals surface area contributed by atoms with Crippen molar-refractivity contribution in [3.8, 4) is 0 Å². The van der Waals surface area contributed by atoms with Crippen LogP contribution in [0.2, 0.25) is 0 Å². The van der Waals surface area contributed by atoms with E-state index in [2.05, 4.69) is 24.2 Å². The van der Waals surface area contributed by atoms with Crippen molar-refractivity contribution in [1.29, 1.82) is 0 Å². The smallest absolute Gasteiger partial charge is 0.127 e. The summed E-state index contributed by atoms with van der Waals surface area (Å²) < 4.78 is 13.7. The van der Waals surface area contributed by atoms with Gasteiger partial charge in [-0.05, 0) is 20.0 Å². The van der Waals surface area contributed by atoms with Crippen LogP contribution >= 0.6 is 11.8 Å². The Hall–Kier alpha value is -0.580. The first kappa shape index (κ1) is 13.8. The normalized spacial score (nSPS) is 22.1. The molecule has 2 nitrogen and oxygen atoms in total. The molecule has 1 saturated heterocycles. The van der Waals surface area contributed by atoms with Crippen LogP contribution in [0, 0.1) is 5.82 Å². The van der Waals surface area contributed by atoms with E-state index in [4.69, 9.17) is 0 Å². The van der Waals surface area contributed by atoms with Gasteiger partial charge in [0.2, 0.25) is 0 Å². The van der Waals surface area contributed by atoms with Gasteiger partial charge in [0.05, 0.1) is 0 Å². The zero-order valence-electron chi connectivity index (χ0n) is 11.0. The summed E-state index contributed by atoms with van der Waals surface area (Å²) in [6.45, 7) is 4.11. The summed E-state index contributed by atoms with van der Waals surface area (Å²) in [6, 6.07) is 7.68. The summed E-state index contributed by atoms with van der Waals surface area (Å²) in [5.74, 6) is 2.24. The van der Waals surface area contributed by atoms with E-state index in [1.807, 2.05) is 23.9 Å². The number of rotatable bonds is 4. The molecule has 1 heterocycles. The summed E-state index contributed by atoms with van der Waals surface area (Å²) in [5, 5.41) is 3.51. The first-order chi connectivity index (χ1) is 8.68. The Morgan fingerprint density at radius 1 is 1.50 bits per heavy atom. The first-order valence-corrected chi connectivity index (χ1v) is 7.59. The minimum Gasteiger partial charge on any atom is -0.311 e. The van der Waals surface area contributed by atoms with E-state index in [-0.39, 0.29) is 11.9 Å². The van der Waals surface area contributed by atoms with Gasteiger partial charge in [0.1, 0.15) is 5.82 Å². The third-order valence-corrected chi connectivity index (χ3v) is 4.65. The van der Waals surface area contributed by atoms with Gasteiger partial charge in [-0.1, -0.05) is 18.2 Å². The molecule has 1 aromatic carbocycles. The topological polar surface area (TPSA) is 15.3 Å². The highest BCUT2D eigenvalue weighted by molar-refractivity contribution is 7.99. The quantitative estimate of drug-likeness (QED) is 0.903. The number of hydrogen-bond donors (Lipinski definition) is 1. The van der Waals surface area contributed by atoms with Crippen LogP contribution in [-0.4, -0.2) is 42.6 Å². The van der Waals surface area contributed by atoms with Crippen molar-refractivity contribution in [1.82, 2.24) is 10.2 Å². The van der Waals surface area contributed by atoms with E-state index in [0.29, 0.717) is 6.04 Å². The number of halogens is 1. The summed E-state index contributed by atoms with van der Waals surface area (Å²) >= 11 is 1.99. The van der Waals surface area contributed by atoms with Crippen LogP contribution in [0.3, 0.4) is 0 Å². The summed E-state index contributed by atoms with van der Waals surface area (Å²) in [4.78, 5) is 2.22. The van der Waals surface area contributed by atoms with Gasteiger partial charge < -0.3 is 5.32 Å². The summed E-state index contributed by atoms with van der Waals surface area (Å²) in [6.07, 6.45) is 0. The third-order valence-electron chi connectivity index (χ3n) is 3.52. The molecule has 1 fully saturated rings. The Morgan fingerprint density at radius 2 is 2.28 bits per heavy atom. The van der Waals surface area contributed by atoms with E-state index in [0.717, 1.165) is 24.4 Å². The Bertz CT molecular complexity index is 380. The number of hydrogen-bond acceptors (Lipinski definition) is 3. The highest BCUT2D eigenvalue weighted by Crippen LogP contribution is 2.22. The molecule has 1 N–H and O–H groups in total. The van der Waals surface area contributed by atoms with E-state index in [1.54, 1.807) is 6.07 Å². The van der Waals surface area contributed by atoms with Crippen LogP contribution in [0.25, 0.3) is 0 Å². The first-order valence-electron chi connectivity index (χ1n) is 6.44. The van der Waals surface area contributed by atoms with Crippen LogP contribution in [0.4, 0.5) is 4.39 Å². The van der Waals surface area contributed by atoms with Gasteiger partial charge in [0.25, 0.3) is 0 Å². The van der Waals surface area contributed by atoms with Gasteiger partial charge in [-0.15, -0.1) is 0 Å². The maximum absolute atomic E-state index is 13.7. The van der Waals surface area contributed by atoms with Crippen LogP contribution in [-0.2, 0) is 0 Å². The number of likely N-dealkylation sites (N-methyl/N-ethyl adjacent to an activating group) is 1. The van der Waals surface area contributed by atoms with Gasteiger partial charge in [0, 0.05) is 42.2 Å². The largest absolute Gasteiger partial charge is 0.311 e. The van der Waals surface area contributed by atoms with Crippen LogP contribution in [0.1, 0.15) is 18.5 Å². The average Bonchev–Trinajstić information content (AvgIpc) is 2.39. The molecule has 4 heteroatoms. The molecular weight excluding hydrogens is 247 g/mol. The highest BCUT2D eigenvalue weighted by atomic mass is 32.2. The fraction of sp³-hybridized carbons (Fsp3) is 0.571. The molecule has 0 aliphatic carbocycles. The molecule has 0 amide bonds. The second kappa shape index (κ2) is 6.55. The van der Waals surface area contributed by atoms with Gasteiger partial charge in [-0.3, -0.25) is 4.90 Å². The standard InChI is InChI=1S/C14H21FN2S/c1-11(13-5-3-4-6-14(13)15)17(2)9-12-10-18-8-7-16-12/h3-6,11-12,16H,7-10H2,1-2H3. The number of thioether (sulfide) groups is 1. The minimum atomic E-state index is -0.108. The van der Waals surface area contributed by atoms with Crippen molar-refractivity contribution in [3.05, 3.63) is 35.6 Å². The molecule has 0 radical (unpaired) electrons. The maximum Gasteiger partial charge on any atom is 0.127 e. The molecule has 0 saturated carbocycles. The van der Waals surface area contributed by atoms with Crippen molar-refractivity contribution < 1.29 is 4.39 Å². The van der Waals surface area contributed by atoms with Crippen molar-refractivity contribution in [2.24, 2.45) is 0 Å². The van der Waals surface area contributed by atoms with Crippen molar-refractivity contribution in [3.63, 3.8) is 0 Å². The molecule has 1 aromatic rings. The molecule has 2 rings (SSSR count). The minimum absolute atomic E-state index is 0.108. The lowest BCUT2D eigenvalue weighted by atomic mass is 10.1. The fourth-order valence-electron chi connectivity index (χ4n) is 2.29. The monoisotopic (exact) mass is 268 g/mol. The molecule has 0 spiro atoms. The van der Waals surface area contributed by atoms with E-state index >= 15 is 0 Å². The van der Waals surface area contributed by atoms with Crippen LogP contribution in [0.5, 0.6) is 0 Å². The molecule has 0 aromatic heterocycles. The molecule has 1 aliphatic rings. The molecule has 2 unspecified atom stereocenters. The molecular formula is C14H21FN2S. The average molecular weight is 268 g/mol. The fourth-order valence-corrected chi connectivity index (χ4v) is 3.23. The molecule has 18 heavy (non-hydrogen) atoms. The Morgan fingerprint density at radius 3 is 2.94 bits per heavy atom. The molecule has 0 bridgehead atoms. The number of nitrogens with one attached hydrogen (secondary N) is 1. The van der Waals surface area contributed by atoms with Gasteiger partial charge in [0.15, 0.2) is 0 Å². The number of nitrogens with zero attached hydrogens (tertiary/aromatic N) is 1. The van der Waals surface area contributed by atoms with Crippen molar-refractivity contribution >= 4 is 11.8 Å². The molecule has 2 atom stereocenters. The second-order valence-electron chi connectivity index (χ2n) is 4.86. The van der Waals surface area contributed by atoms with Crippen molar-refractivity contribution in [2.75, 3.05) is 31.6 Å². The Kier molecular flexibility index (Phi) is 5.03. The predicted molar refractivity (Wildman–Crippen MR) is 76.6 cm³/mol. The van der Waals surface area contributed by atoms with Gasteiger partial charge in [-0.25, -0.2) is 4.39 Å². The summed E-state index contributed by atoms with van der Waals surface area (Å²) in [5.41, 5.74) is 0.781. The lowest BCUT2D eigenvalue weighted by Gasteiger charge is -2.31. The molecule has 1 aliphatic heterocycles. The summed E-state index contributed by atoms with van der Waals surface area (Å²) in [7, 11) is 2.07. The number of benzene rings is 1. The highest BCUT2D eigenvalue weighted by Gasteiger charge is 2.20. The lowest BCUT2D eigenvalue weighted by Crippen LogP contribution is -2.45. The molecule has 100 valence electrons. The van der Waals surface area contributed by atoms with Gasteiger partial charge in [-0.2, -0.15) is 11.8 Å². The van der Waals surface area contributed by atoms with E-state index in [1.165, 1.54) is 11.8 Å². The van der Waals surface area contributed by atoms with Crippen LogP contribution in [0.15, 0.2) is 24.3 Å². The lowest BCUT2D eigenvalue weighted by molar-refractivity contribution is 0.233. The zero-order valence-corrected chi connectivity index (χ0v) is 11.8. The van der Waals surface area contributed by atoms with Crippen LogP contribution < -0.4 is 5.32 Å². The third kappa shape index (κ3) is 3.46. The van der Waals surface area contributed by atoms with Gasteiger partial charge >= 0.3 is 0 Å². The Balaban J connectivity index is 1.95.